The Morgan fingerprint density at radius 2 is 1.83 bits per heavy atom. The molecule has 0 saturated heterocycles. The van der Waals surface area contributed by atoms with Gasteiger partial charge in [-0.25, -0.2) is 13.1 Å². The molecule has 11 heteroatoms. The van der Waals surface area contributed by atoms with Gasteiger partial charge in [-0.2, -0.15) is 0 Å². The summed E-state index contributed by atoms with van der Waals surface area (Å²) >= 11 is 0. The van der Waals surface area contributed by atoms with E-state index in [1.807, 2.05) is 20.8 Å². The fourth-order valence-electron chi connectivity index (χ4n) is 3.99. The number of nitrogens with one attached hydrogen (secondary N) is 2. The second kappa shape index (κ2) is 11.2. The van der Waals surface area contributed by atoms with Gasteiger partial charge in [-0.05, 0) is 97.0 Å². The number of guanidine groups is 1. The Hall–Kier alpha value is -2.53. The summed E-state index contributed by atoms with van der Waals surface area (Å²) in [5.74, 6) is 0.242. The molecule has 1 aliphatic heterocycles. The molecule has 0 saturated carbocycles. The number of sulfonamides is 1. The third-order valence-corrected chi connectivity index (χ3v) is 7.39. The lowest BCUT2D eigenvalue weighted by Crippen LogP contribution is -2.43. The standard InChI is InChI=1S/C25H42N4O6S/c1-10-33-22(30)19(26)12-11-13-27-23(28-35-24(5,6)7)29-36(31,32)21-16(3)15(2)20-18(17(21)4)14-25(8,9)34-20/h19H,10-14,26H2,1-9H3,(H2,27,28,29)/t19-/m0/s1. The van der Waals surface area contributed by atoms with Crippen molar-refractivity contribution >= 4 is 22.0 Å². The van der Waals surface area contributed by atoms with Crippen LogP contribution in [-0.2, 0) is 30.8 Å². The second-order valence-electron chi connectivity index (χ2n) is 10.7. The molecular formula is C25H42N4O6S. The first-order valence-electron chi connectivity index (χ1n) is 12.3. The van der Waals surface area contributed by atoms with Crippen molar-refractivity contribution in [2.75, 3.05) is 13.2 Å². The summed E-state index contributed by atoms with van der Waals surface area (Å²) in [5.41, 5.74) is 7.78. The monoisotopic (exact) mass is 526 g/mol. The quantitative estimate of drug-likeness (QED) is 0.147. The number of carbonyl (C=O) groups is 1. The molecule has 0 radical (unpaired) electrons. The fraction of sp³-hybridized carbons (Fsp3) is 0.680. The molecule has 0 aromatic heterocycles. The molecule has 4 N–H and O–H groups in total. The number of esters is 1. The molecule has 204 valence electrons. The van der Waals surface area contributed by atoms with E-state index >= 15 is 0 Å². The molecule has 0 bridgehead atoms. The SMILES string of the molecule is CCOC(=O)[C@@H](N)CCCN/C(=N/OC(C)(C)C)NS(=O)(=O)c1c(C)c(C)c2c(c1C)CC(C)(C)O2. The molecule has 2 rings (SSSR count). The van der Waals surface area contributed by atoms with Gasteiger partial charge in [0.2, 0.25) is 5.96 Å². The Bertz CT molecular complexity index is 1110. The molecule has 1 aromatic rings. The zero-order chi connectivity index (χ0) is 27.5. The number of ether oxygens (including phenoxy) is 2. The molecule has 0 amide bonds. The highest BCUT2D eigenvalue weighted by Gasteiger charge is 2.37. The predicted molar refractivity (Wildman–Crippen MR) is 140 cm³/mol. The Kier molecular flexibility index (Phi) is 9.28. The average Bonchev–Trinajstić information content (AvgIpc) is 3.08. The molecule has 1 atom stereocenters. The van der Waals surface area contributed by atoms with Gasteiger partial charge in [0.05, 0.1) is 11.5 Å². The molecule has 0 spiro atoms. The van der Waals surface area contributed by atoms with Gasteiger partial charge in [-0.3, -0.25) is 4.79 Å². The van der Waals surface area contributed by atoms with E-state index in [0.717, 1.165) is 16.9 Å². The zero-order valence-electron chi connectivity index (χ0n) is 23.0. The van der Waals surface area contributed by atoms with E-state index < -0.39 is 33.2 Å². The van der Waals surface area contributed by atoms with Crippen LogP contribution in [0.2, 0.25) is 0 Å². The van der Waals surface area contributed by atoms with Crippen molar-refractivity contribution in [3.05, 3.63) is 22.3 Å². The molecule has 10 nitrogen and oxygen atoms in total. The first kappa shape index (κ1) is 29.7. The van der Waals surface area contributed by atoms with Gasteiger partial charge in [0.1, 0.15) is 23.0 Å². The van der Waals surface area contributed by atoms with E-state index in [4.69, 9.17) is 20.0 Å². The summed E-state index contributed by atoms with van der Waals surface area (Å²) in [6.07, 6.45) is 1.47. The van der Waals surface area contributed by atoms with Gasteiger partial charge in [0, 0.05) is 18.5 Å². The van der Waals surface area contributed by atoms with E-state index in [2.05, 4.69) is 15.2 Å². The van der Waals surface area contributed by atoms with Gasteiger partial charge in [-0.15, -0.1) is 0 Å². The van der Waals surface area contributed by atoms with Crippen molar-refractivity contribution in [2.24, 2.45) is 10.9 Å². The van der Waals surface area contributed by atoms with Crippen molar-refractivity contribution in [3.8, 4) is 5.75 Å². The minimum atomic E-state index is -4.02. The van der Waals surface area contributed by atoms with Crippen LogP contribution in [0.5, 0.6) is 5.75 Å². The topological polar surface area (TPSA) is 141 Å². The van der Waals surface area contributed by atoms with Crippen molar-refractivity contribution in [3.63, 3.8) is 0 Å². The van der Waals surface area contributed by atoms with Crippen LogP contribution in [-0.4, -0.2) is 50.7 Å². The summed E-state index contributed by atoms with van der Waals surface area (Å²) in [6, 6.07) is -0.749. The van der Waals surface area contributed by atoms with E-state index in [9.17, 15) is 13.2 Å². The molecule has 1 aliphatic rings. The lowest BCUT2D eigenvalue weighted by Gasteiger charge is -2.21. The third kappa shape index (κ3) is 7.49. The largest absolute Gasteiger partial charge is 0.487 e. The number of fused-ring (bicyclic) bond motifs is 1. The number of nitrogens with zero attached hydrogens (tertiary/aromatic N) is 1. The summed E-state index contributed by atoms with van der Waals surface area (Å²) in [7, 11) is -4.02. The van der Waals surface area contributed by atoms with Crippen LogP contribution >= 0.6 is 0 Å². The van der Waals surface area contributed by atoms with Crippen LogP contribution in [0.25, 0.3) is 0 Å². The molecule has 36 heavy (non-hydrogen) atoms. The molecule has 1 aromatic carbocycles. The van der Waals surface area contributed by atoms with Crippen LogP contribution in [0.3, 0.4) is 0 Å². The van der Waals surface area contributed by atoms with Gasteiger partial charge >= 0.3 is 5.97 Å². The Morgan fingerprint density at radius 1 is 1.19 bits per heavy atom. The average molecular weight is 527 g/mol. The summed E-state index contributed by atoms with van der Waals surface area (Å²) in [4.78, 5) is 17.4. The summed E-state index contributed by atoms with van der Waals surface area (Å²) in [5, 5.41) is 7.00. The van der Waals surface area contributed by atoms with Crippen molar-refractivity contribution in [2.45, 2.75) is 104 Å². The normalized spacial score (nSPS) is 16.1. The third-order valence-electron chi connectivity index (χ3n) is 5.78. The number of nitrogens with two attached hydrogens (primary N) is 1. The number of hydrogen-bond acceptors (Lipinski definition) is 8. The van der Waals surface area contributed by atoms with E-state index in [0.29, 0.717) is 36.9 Å². The molecule has 0 fully saturated rings. The second-order valence-corrected chi connectivity index (χ2v) is 12.3. The Labute approximate surface area is 215 Å². The van der Waals surface area contributed by atoms with Crippen LogP contribution in [0.4, 0.5) is 0 Å². The summed E-state index contributed by atoms with van der Waals surface area (Å²) in [6.45, 7) is 17.1. The van der Waals surface area contributed by atoms with Crippen LogP contribution in [0.1, 0.15) is 76.6 Å². The number of hydrogen-bond donors (Lipinski definition) is 3. The lowest BCUT2D eigenvalue weighted by atomic mass is 9.94. The minimum absolute atomic E-state index is 0.0526. The molecule has 0 aliphatic carbocycles. The number of rotatable bonds is 9. The van der Waals surface area contributed by atoms with Gasteiger partial charge in [0.25, 0.3) is 10.0 Å². The van der Waals surface area contributed by atoms with Crippen molar-refractivity contribution < 1.29 is 27.5 Å². The van der Waals surface area contributed by atoms with Crippen molar-refractivity contribution in [1.29, 1.82) is 0 Å². The van der Waals surface area contributed by atoms with Crippen LogP contribution in [0.15, 0.2) is 10.1 Å². The molecule has 1 heterocycles. The van der Waals surface area contributed by atoms with Crippen LogP contribution < -0.4 is 20.5 Å². The minimum Gasteiger partial charge on any atom is -0.487 e. The van der Waals surface area contributed by atoms with Gasteiger partial charge in [0.15, 0.2) is 0 Å². The highest BCUT2D eigenvalue weighted by atomic mass is 32.2. The maximum Gasteiger partial charge on any atom is 0.322 e. The van der Waals surface area contributed by atoms with E-state index in [1.165, 1.54) is 0 Å². The molecular weight excluding hydrogens is 484 g/mol. The van der Waals surface area contributed by atoms with E-state index in [1.54, 1.807) is 41.5 Å². The first-order chi connectivity index (χ1) is 16.5. The maximum atomic E-state index is 13.6. The highest BCUT2D eigenvalue weighted by molar-refractivity contribution is 7.90. The van der Waals surface area contributed by atoms with Crippen LogP contribution in [0, 0.1) is 20.8 Å². The number of carbonyl (C=O) groups excluding carboxylic acids is 1. The van der Waals surface area contributed by atoms with Gasteiger partial charge < -0.3 is 25.4 Å². The Morgan fingerprint density at radius 3 is 2.42 bits per heavy atom. The molecule has 0 unspecified atom stereocenters. The maximum absolute atomic E-state index is 13.6. The van der Waals surface area contributed by atoms with Crippen molar-refractivity contribution in [1.82, 2.24) is 10.0 Å². The first-order valence-corrected chi connectivity index (χ1v) is 13.7. The zero-order valence-corrected chi connectivity index (χ0v) is 23.8. The smallest absolute Gasteiger partial charge is 0.322 e. The highest BCUT2D eigenvalue weighted by Crippen LogP contribution is 2.43. The van der Waals surface area contributed by atoms with Gasteiger partial charge in [-0.1, -0.05) is 0 Å². The fourth-order valence-corrected chi connectivity index (χ4v) is 5.54. The Balaban J connectivity index is 2.27. The van der Waals surface area contributed by atoms with E-state index in [-0.39, 0.29) is 17.5 Å². The number of oxime groups is 1. The number of benzene rings is 1. The predicted octanol–water partition coefficient (Wildman–Crippen LogP) is 2.95. The lowest BCUT2D eigenvalue weighted by molar-refractivity contribution is -0.144. The summed E-state index contributed by atoms with van der Waals surface area (Å²) < 4.78 is 40.8.